The van der Waals surface area contributed by atoms with E-state index in [4.69, 9.17) is 5.41 Å². The molecule has 0 aromatic heterocycles. The zero-order valence-corrected chi connectivity index (χ0v) is 10.5. The Bertz CT molecular complexity index is 446. The van der Waals surface area contributed by atoms with E-state index < -0.39 is 5.41 Å². The fourth-order valence-corrected chi connectivity index (χ4v) is 1.64. The number of nitrogens with one attached hydrogen (secondary N) is 1. The van der Waals surface area contributed by atoms with Crippen molar-refractivity contribution in [3.63, 3.8) is 0 Å². The van der Waals surface area contributed by atoms with Crippen molar-refractivity contribution in [3.8, 4) is 0 Å². The van der Waals surface area contributed by atoms with Gasteiger partial charge in [-0.15, -0.1) is 6.58 Å². The topological polar surface area (TPSA) is 23.9 Å². The molecule has 1 aromatic carbocycles. The van der Waals surface area contributed by atoms with Crippen LogP contribution in [0.4, 0.5) is 4.39 Å². The molecule has 1 unspecified atom stereocenters. The van der Waals surface area contributed by atoms with Crippen molar-refractivity contribution in [2.24, 2.45) is 5.41 Å². The van der Waals surface area contributed by atoms with Crippen molar-refractivity contribution in [1.82, 2.24) is 0 Å². The average Bonchev–Trinajstić information content (AvgIpc) is 2.37. The van der Waals surface area contributed by atoms with E-state index in [1.54, 1.807) is 18.2 Å². The molecular formula is C15H18FN. The van der Waals surface area contributed by atoms with Crippen molar-refractivity contribution in [1.29, 1.82) is 5.41 Å². The lowest BCUT2D eigenvalue weighted by Gasteiger charge is -2.24. The second-order valence-corrected chi connectivity index (χ2v) is 4.39. The molecule has 0 saturated carbocycles. The van der Waals surface area contributed by atoms with Crippen LogP contribution in [0.5, 0.6) is 0 Å². The first-order valence-electron chi connectivity index (χ1n) is 5.53. The van der Waals surface area contributed by atoms with E-state index in [0.29, 0.717) is 0 Å². The first kappa shape index (κ1) is 13.4. The van der Waals surface area contributed by atoms with Crippen LogP contribution in [0.15, 0.2) is 42.5 Å². The van der Waals surface area contributed by atoms with E-state index in [0.717, 1.165) is 16.7 Å². The molecule has 2 heteroatoms. The molecule has 0 radical (unpaired) electrons. The van der Waals surface area contributed by atoms with Crippen molar-refractivity contribution >= 4 is 11.8 Å². The van der Waals surface area contributed by atoms with Crippen molar-refractivity contribution in [2.45, 2.75) is 20.8 Å². The quantitative estimate of drug-likeness (QED) is 0.584. The minimum absolute atomic E-state index is 0.238. The molecule has 17 heavy (non-hydrogen) atoms. The third-order valence-electron chi connectivity index (χ3n) is 3.37. The van der Waals surface area contributed by atoms with E-state index in [1.807, 2.05) is 20.8 Å². The summed E-state index contributed by atoms with van der Waals surface area (Å²) in [7, 11) is 0. The van der Waals surface area contributed by atoms with Gasteiger partial charge in [-0.05, 0) is 44.0 Å². The Morgan fingerprint density at radius 1 is 1.29 bits per heavy atom. The summed E-state index contributed by atoms with van der Waals surface area (Å²) < 4.78 is 12.8. The monoisotopic (exact) mass is 231 g/mol. The maximum absolute atomic E-state index is 12.8. The van der Waals surface area contributed by atoms with Gasteiger partial charge < -0.3 is 5.41 Å². The number of hydrogen-bond donors (Lipinski definition) is 1. The van der Waals surface area contributed by atoms with Gasteiger partial charge in [0.25, 0.3) is 0 Å². The van der Waals surface area contributed by atoms with Gasteiger partial charge >= 0.3 is 0 Å². The summed E-state index contributed by atoms with van der Waals surface area (Å²) in [5, 5.41) is 7.49. The second-order valence-electron chi connectivity index (χ2n) is 4.39. The van der Waals surface area contributed by atoms with Gasteiger partial charge in [-0.2, -0.15) is 0 Å². The summed E-state index contributed by atoms with van der Waals surface area (Å²) in [6.45, 7) is 9.67. The number of halogens is 1. The van der Waals surface area contributed by atoms with Gasteiger partial charge in [0.2, 0.25) is 0 Å². The molecule has 1 N–H and O–H groups in total. The van der Waals surface area contributed by atoms with Gasteiger partial charge in [-0.3, -0.25) is 0 Å². The second kappa shape index (κ2) is 5.09. The van der Waals surface area contributed by atoms with Gasteiger partial charge in [0.1, 0.15) is 5.82 Å². The summed E-state index contributed by atoms with van der Waals surface area (Å²) in [6.07, 6.45) is 3.13. The molecule has 0 fully saturated rings. The lowest BCUT2D eigenvalue weighted by Crippen LogP contribution is -2.16. The average molecular weight is 231 g/mol. The summed E-state index contributed by atoms with van der Waals surface area (Å²) in [4.78, 5) is 0. The molecule has 90 valence electrons. The molecule has 1 atom stereocenters. The van der Waals surface area contributed by atoms with Crippen molar-refractivity contribution in [3.05, 3.63) is 53.9 Å². The Labute approximate surface area is 102 Å². The highest BCUT2D eigenvalue weighted by atomic mass is 19.1. The minimum atomic E-state index is -0.446. The van der Waals surface area contributed by atoms with Crippen molar-refractivity contribution in [2.75, 3.05) is 0 Å². The molecule has 0 amide bonds. The lowest BCUT2D eigenvalue weighted by atomic mass is 9.80. The smallest absolute Gasteiger partial charge is 0.123 e. The molecule has 0 bridgehead atoms. The number of hydrogen-bond acceptors (Lipinski definition) is 1. The van der Waals surface area contributed by atoms with Crippen LogP contribution in [0.3, 0.4) is 0 Å². The molecule has 0 heterocycles. The standard InChI is InChI=1S/C15H18FN/c1-5-15(4,10-17)12(3)11(2)13-6-8-14(16)9-7-13/h5-10,17H,1H2,2-4H3/b12-11+,17-10?. The molecule has 0 aliphatic heterocycles. The third-order valence-corrected chi connectivity index (χ3v) is 3.37. The fraction of sp³-hybridized carbons (Fsp3) is 0.267. The zero-order valence-electron chi connectivity index (χ0n) is 10.5. The van der Waals surface area contributed by atoms with E-state index in [1.165, 1.54) is 18.3 Å². The van der Waals surface area contributed by atoms with Crippen molar-refractivity contribution < 1.29 is 4.39 Å². The van der Waals surface area contributed by atoms with E-state index >= 15 is 0 Å². The first-order valence-corrected chi connectivity index (χ1v) is 5.53. The molecule has 0 aliphatic carbocycles. The predicted octanol–water partition coefficient (Wildman–Crippen LogP) is 4.46. The molecular weight excluding hydrogens is 213 g/mol. The van der Waals surface area contributed by atoms with E-state index in [9.17, 15) is 4.39 Å². The van der Waals surface area contributed by atoms with Crippen LogP contribution >= 0.6 is 0 Å². The fourth-order valence-electron chi connectivity index (χ4n) is 1.64. The van der Waals surface area contributed by atoms with Crippen LogP contribution in [0, 0.1) is 16.6 Å². The minimum Gasteiger partial charge on any atom is -0.312 e. The third kappa shape index (κ3) is 2.70. The highest BCUT2D eigenvalue weighted by molar-refractivity contribution is 5.78. The number of allylic oxidation sites excluding steroid dienone is 3. The Kier molecular flexibility index (Phi) is 4.00. The summed E-state index contributed by atoms with van der Waals surface area (Å²) >= 11 is 0. The maximum Gasteiger partial charge on any atom is 0.123 e. The number of rotatable bonds is 4. The number of benzene rings is 1. The predicted molar refractivity (Wildman–Crippen MR) is 71.8 cm³/mol. The normalized spacial score (nSPS) is 15.8. The Balaban J connectivity index is 3.25. The van der Waals surface area contributed by atoms with Crippen LogP contribution in [-0.2, 0) is 0 Å². The molecule has 1 aromatic rings. The van der Waals surface area contributed by atoms with E-state index in [2.05, 4.69) is 6.58 Å². The van der Waals surface area contributed by atoms with Gasteiger partial charge in [0.15, 0.2) is 0 Å². The van der Waals surface area contributed by atoms with Gasteiger partial charge in [0, 0.05) is 11.6 Å². The molecule has 0 saturated heterocycles. The van der Waals surface area contributed by atoms with Gasteiger partial charge in [-0.1, -0.05) is 23.8 Å². The molecule has 0 aliphatic rings. The van der Waals surface area contributed by atoms with Gasteiger partial charge in [-0.25, -0.2) is 4.39 Å². The summed E-state index contributed by atoms with van der Waals surface area (Å²) in [6, 6.07) is 6.40. The highest BCUT2D eigenvalue weighted by Crippen LogP contribution is 2.32. The van der Waals surface area contributed by atoms with Gasteiger partial charge in [0.05, 0.1) is 0 Å². The summed E-state index contributed by atoms with van der Waals surface area (Å²) in [5.41, 5.74) is 2.63. The maximum atomic E-state index is 12.8. The van der Waals surface area contributed by atoms with Crippen LogP contribution < -0.4 is 0 Å². The van der Waals surface area contributed by atoms with Crippen LogP contribution in [-0.4, -0.2) is 6.21 Å². The zero-order chi connectivity index (χ0) is 13.1. The van der Waals surface area contributed by atoms with Crippen LogP contribution in [0.25, 0.3) is 5.57 Å². The first-order chi connectivity index (χ1) is 7.94. The summed E-state index contributed by atoms with van der Waals surface area (Å²) in [5.74, 6) is -0.238. The Morgan fingerprint density at radius 2 is 1.82 bits per heavy atom. The molecule has 1 nitrogen and oxygen atoms in total. The molecule has 1 rings (SSSR count). The SMILES string of the molecule is C=CC(C)(C=N)/C(C)=C(\C)c1ccc(F)cc1. The lowest BCUT2D eigenvalue weighted by molar-refractivity contribution is 0.627. The molecule has 0 spiro atoms. The van der Waals surface area contributed by atoms with Crippen LogP contribution in [0.2, 0.25) is 0 Å². The van der Waals surface area contributed by atoms with Crippen LogP contribution in [0.1, 0.15) is 26.3 Å². The van der Waals surface area contributed by atoms with E-state index in [-0.39, 0.29) is 5.82 Å². The Morgan fingerprint density at radius 3 is 2.24 bits per heavy atom. The largest absolute Gasteiger partial charge is 0.312 e. The highest BCUT2D eigenvalue weighted by Gasteiger charge is 2.21. The Hall–Kier alpha value is -1.70.